The summed E-state index contributed by atoms with van der Waals surface area (Å²) in [5.74, 6) is 0.167. The molecular formula is C17H20FNO4S. The van der Waals surface area contributed by atoms with Crippen molar-refractivity contribution in [1.29, 1.82) is 0 Å². The van der Waals surface area contributed by atoms with Crippen LogP contribution in [0.5, 0.6) is 5.75 Å². The van der Waals surface area contributed by atoms with Gasteiger partial charge in [0.25, 0.3) is 0 Å². The summed E-state index contributed by atoms with van der Waals surface area (Å²) in [7, 11) is -3.62. The Morgan fingerprint density at radius 3 is 2.38 bits per heavy atom. The Morgan fingerprint density at radius 1 is 1.17 bits per heavy atom. The van der Waals surface area contributed by atoms with Crippen LogP contribution >= 0.6 is 0 Å². The van der Waals surface area contributed by atoms with E-state index in [-0.39, 0.29) is 18.8 Å². The van der Waals surface area contributed by atoms with Gasteiger partial charge in [-0.3, -0.25) is 4.31 Å². The summed E-state index contributed by atoms with van der Waals surface area (Å²) in [4.78, 5) is 0. The molecule has 0 amide bonds. The number of hydrogen-bond acceptors (Lipinski definition) is 4. The minimum Gasteiger partial charge on any atom is -0.491 e. The summed E-state index contributed by atoms with van der Waals surface area (Å²) in [6.45, 7) is 1.64. The summed E-state index contributed by atoms with van der Waals surface area (Å²) in [6, 6.07) is 12.4. The molecule has 2 aromatic carbocycles. The van der Waals surface area contributed by atoms with Crippen molar-refractivity contribution in [3.8, 4) is 5.75 Å². The number of nitrogens with zero attached hydrogens (tertiary/aromatic N) is 1. The molecule has 0 radical (unpaired) electrons. The van der Waals surface area contributed by atoms with Gasteiger partial charge in [-0.15, -0.1) is 0 Å². The second-order valence-corrected chi connectivity index (χ2v) is 7.41. The first-order chi connectivity index (χ1) is 11.3. The zero-order chi connectivity index (χ0) is 17.7. The van der Waals surface area contributed by atoms with Gasteiger partial charge in [0.15, 0.2) is 0 Å². The highest BCUT2D eigenvalue weighted by molar-refractivity contribution is 7.92. The Labute approximate surface area is 141 Å². The van der Waals surface area contributed by atoms with Crippen molar-refractivity contribution < 1.29 is 22.7 Å². The quantitative estimate of drug-likeness (QED) is 0.830. The number of aliphatic hydroxyl groups excluding tert-OH is 1. The van der Waals surface area contributed by atoms with E-state index in [0.717, 1.165) is 16.1 Å². The van der Waals surface area contributed by atoms with Gasteiger partial charge in [0.1, 0.15) is 24.3 Å². The lowest BCUT2D eigenvalue weighted by atomic mass is 10.2. The van der Waals surface area contributed by atoms with Crippen molar-refractivity contribution >= 4 is 15.7 Å². The molecule has 5 nitrogen and oxygen atoms in total. The van der Waals surface area contributed by atoms with Crippen LogP contribution in [0.2, 0.25) is 0 Å². The number of ether oxygens (including phenoxy) is 1. The maximum absolute atomic E-state index is 13.0. The van der Waals surface area contributed by atoms with Crippen molar-refractivity contribution in [1.82, 2.24) is 0 Å². The Kier molecular flexibility index (Phi) is 5.80. The number of para-hydroxylation sites is 1. The first-order valence-corrected chi connectivity index (χ1v) is 9.22. The predicted octanol–water partition coefficient (Wildman–Crippen LogP) is 2.34. The van der Waals surface area contributed by atoms with E-state index in [1.807, 2.05) is 25.1 Å². The molecule has 0 saturated carbocycles. The second-order valence-electron chi connectivity index (χ2n) is 5.50. The average molecular weight is 353 g/mol. The van der Waals surface area contributed by atoms with E-state index < -0.39 is 21.9 Å². The third-order valence-corrected chi connectivity index (χ3v) is 4.58. The summed E-state index contributed by atoms with van der Waals surface area (Å²) >= 11 is 0. The molecule has 7 heteroatoms. The molecule has 0 bridgehead atoms. The van der Waals surface area contributed by atoms with E-state index in [2.05, 4.69) is 0 Å². The number of hydrogen-bond donors (Lipinski definition) is 1. The molecule has 0 aromatic heterocycles. The maximum Gasteiger partial charge on any atom is 0.232 e. The van der Waals surface area contributed by atoms with Gasteiger partial charge >= 0.3 is 0 Å². The normalized spacial score (nSPS) is 12.7. The molecule has 2 aromatic rings. The van der Waals surface area contributed by atoms with Gasteiger partial charge in [0.05, 0.1) is 18.5 Å². The SMILES string of the molecule is Cc1ccccc1OC[C@@H](O)CN(c1ccc(F)cc1)S(C)(=O)=O. The highest BCUT2D eigenvalue weighted by atomic mass is 32.2. The zero-order valence-electron chi connectivity index (χ0n) is 13.5. The van der Waals surface area contributed by atoms with Gasteiger partial charge in [-0.05, 0) is 42.8 Å². The van der Waals surface area contributed by atoms with Crippen LogP contribution in [0.25, 0.3) is 0 Å². The molecule has 1 N–H and O–H groups in total. The molecule has 1 atom stereocenters. The monoisotopic (exact) mass is 353 g/mol. The highest BCUT2D eigenvalue weighted by Crippen LogP contribution is 2.20. The zero-order valence-corrected chi connectivity index (χ0v) is 14.3. The molecule has 2 rings (SSSR count). The smallest absolute Gasteiger partial charge is 0.232 e. The molecule has 0 aliphatic rings. The first kappa shape index (κ1) is 18.2. The van der Waals surface area contributed by atoms with E-state index in [9.17, 15) is 17.9 Å². The number of sulfonamides is 1. The van der Waals surface area contributed by atoms with Crippen LogP contribution in [-0.2, 0) is 10.0 Å². The number of halogens is 1. The Bertz CT molecular complexity index is 777. The fourth-order valence-electron chi connectivity index (χ4n) is 2.19. The second kappa shape index (κ2) is 7.63. The van der Waals surface area contributed by atoms with Crippen molar-refractivity contribution in [2.75, 3.05) is 23.7 Å². The molecule has 0 heterocycles. The first-order valence-electron chi connectivity index (χ1n) is 7.37. The van der Waals surface area contributed by atoms with Gasteiger partial charge < -0.3 is 9.84 Å². The van der Waals surface area contributed by atoms with Gasteiger partial charge in [-0.25, -0.2) is 12.8 Å². The van der Waals surface area contributed by atoms with Crippen molar-refractivity contribution in [2.45, 2.75) is 13.0 Å². The predicted molar refractivity (Wildman–Crippen MR) is 91.3 cm³/mol. The number of benzene rings is 2. The fraction of sp³-hybridized carbons (Fsp3) is 0.294. The number of rotatable bonds is 7. The lowest BCUT2D eigenvalue weighted by Gasteiger charge is -2.25. The van der Waals surface area contributed by atoms with Crippen LogP contribution in [0, 0.1) is 12.7 Å². The molecular weight excluding hydrogens is 333 g/mol. The molecule has 0 fully saturated rings. The third-order valence-electron chi connectivity index (χ3n) is 3.42. The topological polar surface area (TPSA) is 66.8 Å². The molecule has 0 aliphatic carbocycles. The Hall–Kier alpha value is -2.12. The van der Waals surface area contributed by atoms with E-state index in [1.165, 1.54) is 24.3 Å². The molecule has 0 aliphatic heterocycles. The van der Waals surface area contributed by atoms with Gasteiger partial charge in [0.2, 0.25) is 10.0 Å². The van der Waals surface area contributed by atoms with Gasteiger partial charge in [0, 0.05) is 0 Å². The van der Waals surface area contributed by atoms with Crippen LogP contribution in [0.15, 0.2) is 48.5 Å². The molecule has 0 unspecified atom stereocenters. The largest absolute Gasteiger partial charge is 0.491 e. The van der Waals surface area contributed by atoms with E-state index in [4.69, 9.17) is 4.74 Å². The van der Waals surface area contributed by atoms with E-state index in [1.54, 1.807) is 6.07 Å². The minimum atomic E-state index is -3.62. The van der Waals surface area contributed by atoms with Crippen LogP contribution in [-0.4, -0.2) is 39.0 Å². The molecule has 24 heavy (non-hydrogen) atoms. The Balaban J connectivity index is 2.06. The minimum absolute atomic E-state index is 0.0575. The average Bonchev–Trinajstić information content (AvgIpc) is 2.52. The molecule has 0 spiro atoms. The van der Waals surface area contributed by atoms with Gasteiger partial charge in [-0.1, -0.05) is 18.2 Å². The highest BCUT2D eigenvalue weighted by Gasteiger charge is 2.21. The lowest BCUT2D eigenvalue weighted by molar-refractivity contribution is 0.114. The van der Waals surface area contributed by atoms with Crippen molar-refractivity contribution in [3.63, 3.8) is 0 Å². The number of anilines is 1. The van der Waals surface area contributed by atoms with Crippen LogP contribution in [0.4, 0.5) is 10.1 Å². The standard InChI is InChI=1S/C17H20FNO4S/c1-13-5-3-4-6-17(13)23-12-16(20)11-19(24(2,21)22)15-9-7-14(18)8-10-15/h3-10,16,20H,11-12H2,1-2H3/t16-/m0/s1. The Morgan fingerprint density at radius 2 is 1.79 bits per heavy atom. The summed E-state index contributed by atoms with van der Waals surface area (Å²) in [5.41, 5.74) is 1.21. The van der Waals surface area contributed by atoms with Crippen LogP contribution in [0.3, 0.4) is 0 Å². The van der Waals surface area contributed by atoms with Crippen molar-refractivity contribution in [3.05, 3.63) is 59.9 Å². The summed E-state index contributed by atoms with van der Waals surface area (Å²) in [5, 5.41) is 10.1. The lowest BCUT2D eigenvalue weighted by Crippen LogP contribution is -2.39. The maximum atomic E-state index is 13.0. The van der Waals surface area contributed by atoms with Gasteiger partial charge in [-0.2, -0.15) is 0 Å². The van der Waals surface area contributed by atoms with E-state index in [0.29, 0.717) is 5.75 Å². The summed E-state index contributed by atoms with van der Waals surface area (Å²) in [6.07, 6.45) is -0.00459. The van der Waals surface area contributed by atoms with Crippen molar-refractivity contribution in [2.24, 2.45) is 0 Å². The number of aryl methyl sites for hydroxylation is 1. The van der Waals surface area contributed by atoms with Crippen LogP contribution in [0.1, 0.15) is 5.56 Å². The summed E-state index contributed by atoms with van der Waals surface area (Å²) < 4.78 is 43.5. The number of aliphatic hydroxyl groups is 1. The van der Waals surface area contributed by atoms with Crippen LogP contribution < -0.4 is 9.04 Å². The molecule has 0 saturated heterocycles. The third kappa shape index (κ3) is 4.94. The molecule has 130 valence electrons. The van der Waals surface area contributed by atoms with E-state index >= 15 is 0 Å². The fourth-order valence-corrected chi connectivity index (χ4v) is 3.14.